The van der Waals surface area contributed by atoms with Gasteiger partial charge in [0.05, 0.1) is 0 Å². The molecule has 5 heteroatoms. The molecule has 1 unspecified atom stereocenters. The Morgan fingerprint density at radius 3 is 2.90 bits per heavy atom. The number of anilines is 1. The van der Waals surface area contributed by atoms with Crippen LogP contribution in [0.5, 0.6) is 0 Å². The van der Waals surface area contributed by atoms with E-state index in [1.807, 2.05) is 26.8 Å². The lowest BCUT2D eigenvalue weighted by Gasteiger charge is -2.23. The maximum absolute atomic E-state index is 13.7. The van der Waals surface area contributed by atoms with Gasteiger partial charge in [0.2, 0.25) is 0 Å². The number of benzene rings is 1. The second-order valence-corrected chi connectivity index (χ2v) is 6.03. The van der Waals surface area contributed by atoms with Gasteiger partial charge in [-0.2, -0.15) is 0 Å². The molecule has 110 valence electrons. The molecule has 1 aliphatic rings. The Hall–Kier alpha value is -1.78. The number of halogens is 1. The first-order valence-corrected chi connectivity index (χ1v) is 6.86. The van der Waals surface area contributed by atoms with Crippen molar-refractivity contribution in [3.8, 4) is 0 Å². The largest absolute Gasteiger partial charge is 0.444 e. The van der Waals surface area contributed by atoms with Crippen molar-refractivity contribution in [3.63, 3.8) is 0 Å². The molecule has 0 bridgehead atoms. The van der Waals surface area contributed by atoms with Crippen LogP contribution in [0.4, 0.5) is 14.9 Å². The zero-order valence-electron chi connectivity index (χ0n) is 12.1. The minimum atomic E-state index is -0.517. The number of hydrogen-bond acceptors (Lipinski definition) is 3. The number of carbonyl (C=O) groups excluding carboxylic acids is 1. The van der Waals surface area contributed by atoms with Gasteiger partial charge in [0.25, 0.3) is 0 Å². The van der Waals surface area contributed by atoms with Gasteiger partial charge in [0.15, 0.2) is 0 Å². The summed E-state index contributed by atoms with van der Waals surface area (Å²) in [4.78, 5) is 11.7. The Morgan fingerprint density at radius 1 is 1.45 bits per heavy atom. The first kappa shape index (κ1) is 14.6. The van der Waals surface area contributed by atoms with Crippen molar-refractivity contribution < 1.29 is 13.9 Å². The van der Waals surface area contributed by atoms with Gasteiger partial charge in [0.1, 0.15) is 11.4 Å². The Balaban J connectivity index is 1.96. The molecule has 1 aromatic carbocycles. The molecule has 20 heavy (non-hydrogen) atoms. The van der Waals surface area contributed by atoms with E-state index in [1.54, 1.807) is 6.07 Å². The number of ether oxygens (including phenoxy) is 1. The van der Waals surface area contributed by atoms with E-state index in [-0.39, 0.29) is 11.9 Å². The van der Waals surface area contributed by atoms with E-state index in [0.717, 1.165) is 5.69 Å². The second-order valence-electron chi connectivity index (χ2n) is 6.03. The zero-order valence-corrected chi connectivity index (χ0v) is 12.1. The predicted molar refractivity (Wildman–Crippen MR) is 76.4 cm³/mol. The highest BCUT2D eigenvalue weighted by atomic mass is 19.1. The molecular weight excluding hydrogens is 259 g/mol. The number of hydrogen-bond donors (Lipinski definition) is 2. The molecule has 1 aromatic rings. The van der Waals surface area contributed by atoms with Gasteiger partial charge in [-0.1, -0.05) is 6.07 Å². The molecule has 1 aliphatic heterocycles. The number of alkyl carbamates (subject to hydrolysis) is 1. The van der Waals surface area contributed by atoms with Crippen LogP contribution in [0.2, 0.25) is 0 Å². The molecule has 1 atom stereocenters. The van der Waals surface area contributed by atoms with Crippen LogP contribution in [-0.4, -0.2) is 24.3 Å². The summed E-state index contributed by atoms with van der Waals surface area (Å²) in [6.07, 6.45) is 0.839. The Kier molecular flexibility index (Phi) is 4.16. The number of nitrogens with one attached hydrogen (secondary N) is 2. The maximum atomic E-state index is 13.7. The Morgan fingerprint density at radius 2 is 2.20 bits per heavy atom. The molecule has 2 rings (SSSR count). The number of amides is 1. The molecule has 4 nitrogen and oxygen atoms in total. The molecule has 1 heterocycles. The summed E-state index contributed by atoms with van der Waals surface area (Å²) in [5, 5.41) is 6.00. The molecule has 1 amide bonds. The number of fused-ring (bicyclic) bond motifs is 1. The molecule has 0 saturated heterocycles. The zero-order chi connectivity index (χ0) is 14.8. The summed E-state index contributed by atoms with van der Waals surface area (Å²) in [7, 11) is 0. The molecular formula is C15H21FN2O2. The van der Waals surface area contributed by atoms with Crippen molar-refractivity contribution in [1.29, 1.82) is 0 Å². The highest BCUT2D eigenvalue weighted by Crippen LogP contribution is 2.24. The third-order valence-corrected chi connectivity index (χ3v) is 3.12. The van der Waals surface area contributed by atoms with Crippen LogP contribution in [0.3, 0.4) is 0 Å². The summed E-state index contributed by atoms with van der Waals surface area (Å²) < 4.78 is 18.9. The second kappa shape index (κ2) is 5.69. The van der Waals surface area contributed by atoms with Gasteiger partial charge in [-0.25, -0.2) is 9.18 Å². The van der Waals surface area contributed by atoms with Crippen molar-refractivity contribution in [2.45, 2.75) is 45.3 Å². The molecule has 0 radical (unpaired) electrons. The summed E-state index contributed by atoms with van der Waals surface area (Å²) in [5.41, 5.74) is 0.969. The standard InChI is InChI=1S/C15H21FN2O2/c1-15(2,3)20-14(19)18-10-7-8-11-12(16)5-4-6-13(11)17-9-10/h4-6,10,17H,7-9H2,1-3H3,(H,18,19). The average Bonchev–Trinajstić information content (AvgIpc) is 2.51. The van der Waals surface area contributed by atoms with Crippen molar-refractivity contribution in [2.24, 2.45) is 0 Å². The number of rotatable bonds is 1. The van der Waals surface area contributed by atoms with E-state index >= 15 is 0 Å². The molecule has 0 saturated carbocycles. The fourth-order valence-electron chi connectivity index (χ4n) is 2.23. The van der Waals surface area contributed by atoms with Crippen molar-refractivity contribution in [3.05, 3.63) is 29.6 Å². The fourth-order valence-corrected chi connectivity index (χ4v) is 2.23. The predicted octanol–water partition coefficient (Wildman–Crippen LogP) is 3.08. The SMILES string of the molecule is CC(C)(C)OC(=O)NC1CCc2c(F)cccc2NC1. The Labute approximate surface area is 118 Å². The monoisotopic (exact) mass is 280 g/mol. The summed E-state index contributed by atoms with van der Waals surface area (Å²) in [6.45, 7) is 6.03. The third kappa shape index (κ3) is 3.85. The topological polar surface area (TPSA) is 50.4 Å². The molecule has 0 spiro atoms. The first-order chi connectivity index (χ1) is 9.35. The minimum absolute atomic E-state index is 0.0725. The van der Waals surface area contributed by atoms with Crippen molar-refractivity contribution in [1.82, 2.24) is 5.32 Å². The smallest absolute Gasteiger partial charge is 0.407 e. The summed E-state index contributed by atoms with van der Waals surface area (Å²) >= 11 is 0. The Bertz CT molecular complexity index is 497. The molecule has 0 aliphatic carbocycles. The van der Waals surface area contributed by atoms with Crippen LogP contribution in [0, 0.1) is 5.82 Å². The third-order valence-electron chi connectivity index (χ3n) is 3.12. The summed E-state index contributed by atoms with van der Waals surface area (Å²) in [5.74, 6) is -0.201. The van der Waals surface area contributed by atoms with E-state index in [1.165, 1.54) is 6.07 Å². The highest BCUT2D eigenvalue weighted by Gasteiger charge is 2.22. The van der Waals surface area contributed by atoms with E-state index in [0.29, 0.717) is 24.9 Å². The van der Waals surface area contributed by atoms with Crippen LogP contribution in [0.15, 0.2) is 18.2 Å². The van der Waals surface area contributed by atoms with Crippen molar-refractivity contribution >= 4 is 11.8 Å². The van der Waals surface area contributed by atoms with Gasteiger partial charge in [-0.3, -0.25) is 0 Å². The molecule has 2 N–H and O–H groups in total. The number of carbonyl (C=O) groups is 1. The fraction of sp³-hybridized carbons (Fsp3) is 0.533. The van der Waals surface area contributed by atoms with Gasteiger partial charge in [-0.15, -0.1) is 0 Å². The van der Waals surface area contributed by atoms with Gasteiger partial charge in [-0.05, 0) is 45.7 Å². The first-order valence-electron chi connectivity index (χ1n) is 6.86. The lowest BCUT2D eigenvalue weighted by molar-refractivity contribution is 0.0505. The van der Waals surface area contributed by atoms with Gasteiger partial charge in [0, 0.05) is 23.8 Å². The minimum Gasteiger partial charge on any atom is -0.444 e. The van der Waals surface area contributed by atoms with Crippen molar-refractivity contribution in [2.75, 3.05) is 11.9 Å². The summed E-state index contributed by atoms with van der Waals surface area (Å²) in [6, 6.07) is 4.93. The normalized spacial score (nSPS) is 18.5. The quantitative estimate of drug-likeness (QED) is 0.831. The molecule has 0 aromatic heterocycles. The maximum Gasteiger partial charge on any atom is 0.407 e. The van der Waals surface area contributed by atoms with E-state index in [9.17, 15) is 9.18 Å². The van der Waals surface area contributed by atoms with Crippen LogP contribution in [0.25, 0.3) is 0 Å². The van der Waals surface area contributed by atoms with E-state index in [4.69, 9.17) is 4.74 Å². The lowest BCUT2D eigenvalue weighted by Crippen LogP contribution is -2.42. The van der Waals surface area contributed by atoms with Crippen LogP contribution in [0.1, 0.15) is 32.8 Å². The van der Waals surface area contributed by atoms with Gasteiger partial charge >= 0.3 is 6.09 Å². The lowest BCUT2D eigenvalue weighted by atomic mass is 10.1. The van der Waals surface area contributed by atoms with E-state index < -0.39 is 11.7 Å². The highest BCUT2D eigenvalue weighted by molar-refractivity contribution is 5.68. The van der Waals surface area contributed by atoms with E-state index in [2.05, 4.69) is 10.6 Å². The van der Waals surface area contributed by atoms with Crippen LogP contribution in [-0.2, 0) is 11.2 Å². The molecule has 0 fully saturated rings. The van der Waals surface area contributed by atoms with Crippen LogP contribution < -0.4 is 10.6 Å². The average molecular weight is 280 g/mol. The van der Waals surface area contributed by atoms with Crippen LogP contribution >= 0.6 is 0 Å². The van der Waals surface area contributed by atoms with Gasteiger partial charge < -0.3 is 15.4 Å².